The minimum Gasteiger partial charge on any atom is -0.399 e. The second-order valence-electron chi connectivity index (χ2n) is 12.8. The van der Waals surface area contributed by atoms with E-state index in [2.05, 4.69) is 18.2 Å². The third kappa shape index (κ3) is 23.7. The maximum Gasteiger partial charge on any atom is 0.518 e. The molecule has 3 rings (SSSR count). The third-order valence-corrected chi connectivity index (χ3v) is 13.4. The molecule has 12 N–H and O–H groups in total. The Bertz CT molecular complexity index is 2610. The Morgan fingerprint density at radius 2 is 0.882 bits per heavy atom. The van der Waals surface area contributed by atoms with Crippen LogP contribution < -0.4 is 34.4 Å². The van der Waals surface area contributed by atoms with Gasteiger partial charge in [0.15, 0.2) is 5.96 Å². The van der Waals surface area contributed by atoms with Gasteiger partial charge in [-0.3, -0.25) is 10.1 Å². The lowest BCUT2D eigenvalue weighted by atomic mass is 10.2. The molecule has 0 radical (unpaired) electrons. The number of halogens is 9. The summed E-state index contributed by atoms with van der Waals surface area (Å²) in [5, 5.41) is 10.6. The molecule has 68 heavy (non-hydrogen) atoms. The topological polar surface area (TPSA) is 351 Å². The van der Waals surface area contributed by atoms with Crippen molar-refractivity contribution in [2.45, 2.75) is 53.0 Å². The monoisotopic (exact) mass is 1100 g/mol. The van der Waals surface area contributed by atoms with E-state index in [1.807, 2.05) is 12.1 Å². The summed E-state index contributed by atoms with van der Waals surface area (Å²) in [6.07, 6.45) is -0.301. The zero-order valence-corrected chi connectivity index (χ0v) is 39.5. The van der Waals surface area contributed by atoms with Crippen LogP contribution in [-0.4, -0.2) is 87.4 Å². The second kappa shape index (κ2) is 27.1. The van der Waals surface area contributed by atoms with E-state index in [0.29, 0.717) is 45.7 Å². The van der Waals surface area contributed by atoms with Gasteiger partial charge in [-0.05, 0) is 41.0 Å². The maximum atomic E-state index is 12.1. The van der Waals surface area contributed by atoms with Crippen molar-refractivity contribution in [3.63, 3.8) is 0 Å². The van der Waals surface area contributed by atoms with Gasteiger partial charge in [-0.15, -0.1) is 13.2 Å². The number of aliphatic imine (C=N–C) groups is 1. The van der Waals surface area contributed by atoms with E-state index < -0.39 is 69.0 Å². The third-order valence-electron chi connectivity index (χ3n) is 7.14. The van der Waals surface area contributed by atoms with Gasteiger partial charge < -0.3 is 34.4 Å². The van der Waals surface area contributed by atoms with Gasteiger partial charge in [0.2, 0.25) is 0 Å². The van der Waals surface area contributed by atoms with Gasteiger partial charge in [0, 0.05) is 71.6 Å². The number of non-ortho nitro benzene ring substituents is 1. The molecule has 0 unspecified atom stereocenters. The Labute approximate surface area is 396 Å². The number of guanidine groups is 1. The highest BCUT2D eigenvalue weighted by Gasteiger charge is 2.47. The van der Waals surface area contributed by atoms with Gasteiger partial charge >= 0.3 is 46.6 Å². The van der Waals surface area contributed by atoms with E-state index in [0.717, 1.165) is 11.1 Å². The molecule has 0 aliphatic rings. The smallest absolute Gasteiger partial charge is 0.399 e. The van der Waals surface area contributed by atoms with Crippen LogP contribution in [0.5, 0.6) is 0 Å². The Hall–Kier alpha value is -5.19. The van der Waals surface area contributed by atoms with E-state index in [1.165, 1.54) is 53.5 Å². The highest BCUT2D eigenvalue weighted by molar-refractivity contribution is 7.99. The van der Waals surface area contributed by atoms with E-state index in [-0.39, 0.29) is 36.7 Å². The molecule has 0 aromatic heterocycles. The summed E-state index contributed by atoms with van der Waals surface area (Å²) in [5.74, 6) is 0.460. The van der Waals surface area contributed by atoms with Gasteiger partial charge in [-0.1, -0.05) is 36.4 Å². The van der Waals surface area contributed by atoms with Gasteiger partial charge in [-0.25, -0.2) is 4.99 Å². The summed E-state index contributed by atoms with van der Waals surface area (Å²) in [5.41, 5.74) is 19.0. The number of hydrogen-bond acceptors (Lipinski definition) is 13. The van der Waals surface area contributed by atoms with Crippen molar-refractivity contribution < 1.29 is 69.7 Å². The molecular formula is C34H42F9N11O8S6. The zero-order chi connectivity index (χ0) is 52.1. The Morgan fingerprint density at radius 3 is 1.22 bits per heavy atom. The number of anilines is 1. The second-order valence-corrected chi connectivity index (χ2v) is 20.9. The minimum atomic E-state index is -5.62. The molecule has 3 aromatic rings. The number of nitrogens with zero attached hydrogens (tertiary/aromatic N) is 5. The number of nitrogens with two attached hydrogens (primary N) is 6. The molecule has 0 fully saturated rings. The van der Waals surface area contributed by atoms with Crippen molar-refractivity contribution in [3.8, 4) is 0 Å². The molecule has 0 saturated carbocycles. The summed E-state index contributed by atoms with van der Waals surface area (Å²) < 4.78 is 181. The predicted molar refractivity (Wildman–Crippen MR) is 248 cm³/mol. The Morgan fingerprint density at radius 1 is 0.544 bits per heavy atom. The summed E-state index contributed by atoms with van der Waals surface area (Å²) >= 11 is 3.96. The fraction of sp³-hybridized carbons (Fsp3) is 0.353. The predicted octanol–water partition coefficient (Wildman–Crippen LogP) is 5.95. The first kappa shape index (κ1) is 60.8. The molecular weight excluding hydrogens is 1050 g/mol. The van der Waals surface area contributed by atoms with Gasteiger partial charge in [0.25, 0.3) is 5.69 Å². The number of thioether (sulfide) groups is 3. The fourth-order valence-corrected chi connectivity index (χ4v) is 8.41. The average Bonchev–Trinajstić information content (AvgIpc) is 3.18. The molecule has 34 heteroatoms. The number of nitro groups is 1. The van der Waals surface area contributed by atoms with Crippen LogP contribution in [-0.2, 0) is 47.3 Å². The van der Waals surface area contributed by atoms with E-state index in [1.54, 1.807) is 42.5 Å². The molecule has 0 amide bonds. The van der Waals surface area contributed by atoms with Gasteiger partial charge in [0.1, 0.15) is 17.5 Å². The highest BCUT2D eigenvalue weighted by atomic mass is 32.2. The first-order chi connectivity index (χ1) is 31.2. The standard InChI is InChI=1S/C12H16F3N5O2S2.C11H12F3N3O4S2.C11H14F3N3O2S2/c13-12(14,15)24(21,22)20-10(16)4-5-23-7-8-2-1-3-9(6-8)19-11(17)18;12-11(13,14)23(20,21)16-10(15)4-5-22-7-8-2-1-3-9(6-8)17(18)19;12-11(13,14)21(18,19)17-10(16)4-5-20-7-8-2-1-3-9(15)6-8/h1-3,6H,4-5,7H2,(H2,16,20)(H4,17,18,19);1-3,6H,4-5,7H2,(H2,15,16);1-3,6H,4-5,7,15H2,(H2,16,17). The summed E-state index contributed by atoms with van der Waals surface area (Å²) in [6, 6.07) is 20.1. The van der Waals surface area contributed by atoms with Crippen LogP contribution in [0.3, 0.4) is 0 Å². The molecule has 0 saturated heterocycles. The van der Waals surface area contributed by atoms with Crippen LogP contribution in [0.25, 0.3) is 0 Å². The Kier molecular flexibility index (Phi) is 24.3. The van der Waals surface area contributed by atoms with E-state index >= 15 is 0 Å². The number of rotatable bonds is 20. The molecule has 0 heterocycles. The van der Waals surface area contributed by atoms with E-state index in [4.69, 9.17) is 34.4 Å². The van der Waals surface area contributed by atoms with Gasteiger partial charge in [-0.2, -0.15) is 100 Å². The molecule has 0 aliphatic carbocycles. The zero-order valence-electron chi connectivity index (χ0n) is 34.6. The number of nitro benzene ring substituents is 1. The quantitative estimate of drug-likeness (QED) is 0.0145. The van der Waals surface area contributed by atoms with Crippen LogP contribution >= 0.6 is 35.3 Å². The van der Waals surface area contributed by atoms with Crippen molar-refractivity contribution in [2.24, 2.45) is 46.9 Å². The first-order valence-corrected chi connectivity index (χ1v) is 25.9. The largest absolute Gasteiger partial charge is 0.518 e. The average molecular weight is 1100 g/mol. The summed E-state index contributed by atoms with van der Waals surface area (Å²) in [6.45, 7) is 0. The molecule has 0 atom stereocenters. The SMILES string of the molecule is NC(CCSCc1cccc(N)c1)=NS(=O)(=O)C(F)(F)F.NC(CCSCc1cccc([N+](=O)[O-])c1)=NS(=O)(=O)C(F)(F)F.NC(N)=Nc1cccc(CSCCC(N)=NS(=O)(=O)C(F)(F)F)c1. The lowest BCUT2D eigenvalue weighted by molar-refractivity contribution is -0.384. The number of sulfonamides is 3. The fourth-order valence-electron chi connectivity index (χ4n) is 4.16. The highest BCUT2D eigenvalue weighted by Crippen LogP contribution is 2.27. The molecule has 0 spiro atoms. The number of alkyl halides is 9. The van der Waals surface area contributed by atoms with Crippen molar-refractivity contribution in [2.75, 3.05) is 23.0 Å². The molecule has 19 nitrogen and oxygen atoms in total. The van der Waals surface area contributed by atoms with Crippen LogP contribution in [0.1, 0.15) is 36.0 Å². The van der Waals surface area contributed by atoms with Gasteiger partial charge in [0.05, 0.1) is 10.6 Å². The maximum absolute atomic E-state index is 12.1. The van der Waals surface area contributed by atoms with Crippen molar-refractivity contribution >= 4 is 106 Å². The number of benzene rings is 3. The van der Waals surface area contributed by atoms with Crippen LogP contribution in [0.4, 0.5) is 56.6 Å². The number of amidine groups is 3. The number of nitrogen functional groups attached to an aromatic ring is 1. The lowest BCUT2D eigenvalue weighted by Gasteiger charge is -2.05. The first-order valence-electron chi connectivity index (χ1n) is 18.1. The molecule has 0 aliphatic heterocycles. The normalized spacial score (nSPS) is 13.1. The Balaban J connectivity index is 0.000000511. The summed E-state index contributed by atoms with van der Waals surface area (Å²) in [7, 11) is -16.8. The van der Waals surface area contributed by atoms with Crippen LogP contribution in [0.15, 0.2) is 91.0 Å². The van der Waals surface area contributed by atoms with Crippen LogP contribution in [0.2, 0.25) is 0 Å². The van der Waals surface area contributed by atoms with Crippen molar-refractivity contribution in [3.05, 3.63) is 99.6 Å². The van der Waals surface area contributed by atoms with E-state index in [9.17, 15) is 74.9 Å². The van der Waals surface area contributed by atoms with Crippen LogP contribution in [0, 0.1) is 10.1 Å². The number of hydrogen-bond donors (Lipinski definition) is 6. The molecule has 0 bridgehead atoms. The lowest BCUT2D eigenvalue weighted by Crippen LogP contribution is -2.25. The van der Waals surface area contributed by atoms with Crippen molar-refractivity contribution in [1.29, 1.82) is 0 Å². The summed E-state index contributed by atoms with van der Waals surface area (Å²) in [4.78, 5) is 14.0. The molecule has 3 aromatic carbocycles. The molecule has 380 valence electrons. The minimum absolute atomic E-state index is 0.0533. The van der Waals surface area contributed by atoms with Crippen molar-refractivity contribution in [1.82, 2.24) is 0 Å².